The van der Waals surface area contributed by atoms with Gasteiger partial charge in [0.05, 0.1) is 18.6 Å². The van der Waals surface area contributed by atoms with E-state index in [1.807, 2.05) is 0 Å². The highest BCUT2D eigenvalue weighted by Gasteiger charge is 2.34. The Morgan fingerprint density at radius 3 is 2.40 bits per heavy atom. The monoisotopic (exact) mass is 235 g/mol. The van der Waals surface area contributed by atoms with E-state index in [-0.39, 0.29) is 11.5 Å². The summed E-state index contributed by atoms with van der Waals surface area (Å²) in [7, 11) is -0.534. The van der Waals surface area contributed by atoms with Crippen LogP contribution in [0.3, 0.4) is 0 Å². The van der Waals surface area contributed by atoms with Crippen molar-refractivity contribution in [1.29, 1.82) is 0 Å². The summed E-state index contributed by atoms with van der Waals surface area (Å²) >= 11 is 0. The molecule has 0 aliphatic carbocycles. The number of methoxy groups -OCH3 is 1. The minimum atomic E-state index is -3.05. The summed E-state index contributed by atoms with van der Waals surface area (Å²) in [5.74, 6) is -1.79. The highest BCUT2D eigenvalue weighted by Crippen LogP contribution is 2.16. The summed E-state index contributed by atoms with van der Waals surface area (Å²) in [6.45, 7) is 0. The van der Waals surface area contributed by atoms with Crippen molar-refractivity contribution < 1.29 is 22.7 Å². The molecule has 6 nitrogen and oxygen atoms in total. The van der Waals surface area contributed by atoms with Crippen LogP contribution in [0.5, 0.6) is 0 Å². The number of nitrogens with zero attached hydrogens (tertiary/aromatic N) is 1. The smallest absolute Gasteiger partial charge is 0.396 e. The number of sulfone groups is 1. The number of rotatable bonds is 1. The minimum Gasteiger partial charge on any atom is -0.462 e. The van der Waals surface area contributed by atoms with E-state index in [0.717, 1.165) is 12.0 Å². The van der Waals surface area contributed by atoms with Crippen LogP contribution < -0.4 is 0 Å². The molecule has 7 heteroatoms. The first-order valence-electron chi connectivity index (χ1n) is 4.43. The largest absolute Gasteiger partial charge is 0.462 e. The Labute approximate surface area is 88.1 Å². The maximum absolute atomic E-state index is 11.3. The van der Waals surface area contributed by atoms with E-state index in [4.69, 9.17) is 0 Å². The molecule has 1 rings (SSSR count). The number of amides is 1. The van der Waals surface area contributed by atoms with Gasteiger partial charge in [0.1, 0.15) is 0 Å². The average Bonchev–Trinajstić information content (AvgIpc) is 2.55. The van der Waals surface area contributed by atoms with Crippen molar-refractivity contribution in [2.75, 3.05) is 25.7 Å². The fourth-order valence-electron chi connectivity index (χ4n) is 1.48. The van der Waals surface area contributed by atoms with Crippen molar-refractivity contribution in [2.24, 2.45) is 0 Å². The van der Waals surface area contributed by atoms with E-state index >= 15 is 0 Å². The lowest BCUT2D eigenvalue weighted by molar-refractivity contribution is -0.158. The standard InChI is InChI=1S/C8H13NO5S/c1-9(7(10)8(11)14-2)6-3-4-15(12,13)5-6/h6H,3-5H2,1-2H3. The highest BCUT2D eigenvalue weighted by molar-refractivity contribution is 7.91. The van der Waals surface area contributed by atoms with Crippen molar-refractivity contribution in [2.45, 2.75) is 12.5 Å². The zero-order chi connectivity index (χ0) is 11.6. The fraction of sp³-hybridized carbons (Fsp3) is 0.750. The van der Waals surface area contributed by atoms with Gasteiger partial charge in [-0.2, -0.15) is 0 Å². The molecule has 0 aromatic heterocycles. The van der Waals surface area contributed by atoms with Crippen molar-refractivity contribution in [3.8, 4) is 0 Å². The molecule has 0 bridgehead atoms. The molecule has 0 spiro atoms. The van der Waals surface area contributed by atoms with E-state index in [9.17, 15) is 18.0 Å². The van der Waals surface area contributed by atoms with Crippen molar-refractivity contribution in [3.05, 3.63) is 0 Å². The van der Waals surface area contributed by atoms with Crippen LogP contribution in [0, 0.1) is 0 Å². The van der Waals surface area contributed by atoms with Gasteiger partial charge in [0.2, 0.25) is 0 Å². The van der Waals surface area contributed by atoms with Crippen LogP contribution in [0.1, 0.15) is 6.42 Å². The van der Waals surface area contributed by atoms with Gasteiger partial charge in [-0.15, -0.1) is 0 Å². The van der Waals surface area contributed by atoms with Gasteiger partial charge in [0.15, 0.2) is 9.84 Å². The number of carbonyl (C=O) groups is 2. The quantitative estimate of drug-likeness (QED) is 0.421. The lowest BCUT2D eigenvalue weighted by Crippen LogP contribution is -2.42. The maximum Gasteiger partial charge on any atom is 0.396 e. The molecule has 0 aromatic carbocycles. The van der Waals surface area contributed by atoms with E-state index in [1.165, 1.54) is 7.05 Å². The number of esters is 1. The SMILES string of the molecule is COC(=O)C(=O)N(C)C1CCS(=O)(=O)C1. The molecule has 1 aliphatic rings. The molecule has 1 atom stereocenters. The van der Waals surface area contributed by atoms with Crippen molar-refractivity contribution in [1.82, 2.24) is 4.90 Å². The van der Waals surface area contributed by atoms with Crippen molar-refractivity contribution >= 4 is 21.7 Å². The first-order chi connectivity index (χ1) is 6.87. The summed E-state index contributed by atoms with van der Waals surface area (Å²) in [4.78, 5) is 23.4. The Hall–Kier alpha value is -1.11. The summed E-state index contributed by atoms with van der Waals surface area (Å²) in [6, 6.07) is -0.415. The van der Waals surface area contributed by atoms with E-state index in [1.54, 1.807) is 0 Å². The fourth-order valence-corrected chi connectivity index (χ4v) is 3.25. The van der Waals surface area contributed by atoms with Crippen LogP contribution in [0.15, 0.2) is 0 Å². The number of hydrogen-bond acceptors (Lipinski definition) is 5. The van der Waals surface area contributed by atoms with Gasteiger partial charge < -0.3 is 9.64 Å². The molecule has 1 amide bonds. The highest BCUT2D eigenvalue weighted by atomic mass is 32.2. The first-order valence-corrected chi connectivity index (χ1v) is 6.25. The Morgan fingerprint density at radius 2 is 2.00 bits per heavy atom. The van der Waals surface area contributed by atoms with Gasteiger partial charge in [-0.1, -0.05) is 0 Å². The van der Waals surface area contributed by atoms with Crippen molar-refractivity contribution in [3.63, 3.8) is 0 Å². The third-order valence-electron chi connectivity index (χ3n) is 2.44. The van der Waals surface area contributed by atoms with Gasteiger partial charge in [0.25, 0.3) is 0 Å². The molecule has 86 valence electrons. The third kappa shape index (κ3) is 2.68. The Morgan fingerprint density at radius 1 is 1.40 bits per heavy atom. The minimum absolute atomic E-state index is 0.0659. The van der Waals surface area contributed by atoms with Crippen LogP contribution in [-0.2, 0) is 24.2 Å². The van der Waals surface area contributed by atoms with E-state index in [0.29, 0.717) is 6.42 Å². The molecule has 15 heavy (non-hydrogen) atoms. The number of carbonyl (C=O) groups excluding carboxylic acids is 2. The molecule has 1 saturated heterocycles. The molecule has 1 fully saturated rings. The summed E-state index contributed by atoms with van der Waals surface area (Å²) in [6.07, 6.45) is 0.377. The molecule has 0 radical (unpaired) electrons. The van der Waals surface area contributed by atoms with Gasteiger partial charge in [-0.05, 0) is 6.42 Å². The van der Waals surface area contributed by atoms with E-state index in [2.05, 4.69) is 4.74 Å². The Bertz CT molecular complexity index is 374. The number of ether oxygens (including phenoxy) is 1. The second-order valence-corrected chi connectivity index (χ2v) is 5.69. The van der Waals surface area contributed by atoms with Gasteiger partial charge in [0, 0.05) is 13.1 Å². The second kappa shape index (κ2) is 4.18. The molecule has 0 N–H and O–H groups in total. The molecule has 1 unspecified atom stereocenters. The predicted octanol–water partition coefficient (Wildman–Crippen LogP) is -1.20. The summed E-state index contributed by atoms with van der Waals surface area (Å²) < 4.78 is 26.6. The second-order valence-electron chi connectivity index (χ2n) is 3.46. The molecular formula is C8H13NO5S. The summed E-state index contributed by atoms with van der Waals surface area (Å²) in [5.41, 5.74) is 0. The normalized spacial score (nSPS) is 23.5. The Kier molecular flexibility index (Phi) is 3.33. The average molecular weight is 235 g/mol. The topological polar surface area (TPSA) is 80.8 Å². The zero-order valence-electron chi connectivity index (χ0n) is 8.60. The Balaban J connectivity index is 2.67. The predicted molar refractivity (Wildman–Crippen MR) is 51.8 cm³/mol. The van der Waals surface area contributed by atoms with Crippen LogP contribution in [-0.4, -0.2) is 56.9 Å². The number of likely N-dealkylation sites (N-methyl/N-ethyl adjacent to an activating group) is 1. The molecule has 0 aromatic rings. The molecular weight excluding hydrogens is 222 g/mol. The zero-order valence-corrected chi connectivity index (χ0v) is 9.41. The lowest BCUT2D eigenvalue weighted by atomic mass is 10.2. The maximum atomic E-state index is 11.3. The molecule has 1 heterocycles. The van der Waals surface area contributed by atoms with Crippen LogP contribution in [0.4, 0.5) is 0 Å². The van der Waals surface area contributed by atoms with E-state index < -0.39 is 27.8 Å². The third-order valence-corrected chi connectivity index (χ3v) is 4.19. The van der Waals surface area contributed by atoms with Gasteiger partial charge >= 0.3 is 11.9 Å². The van der Waals surface area contributed by atoms with Gasteiger partial charge in [-0.3, -0.25) is 4.79 Å². The lowest BCUT2D eigenvalue weighted by Gasteiger charge is -2.21. The van der Waals surface area contributed by atoms with Crippen LogP contribution in [0.2, 0.25) is 0 Å². The van der Waals surface area contributed by atoms with Gasteiger partial charge in [-0.25, -0.2) is 13.2 Å². The van der Waals surface area contributed by atoms with Crippen LogP contribution >= 0.6 is 0 Å². The molecule has 0 saturated carbocycles. The van der Waals surface area contributed by atoms with Crippen LogP contribution in [0.25, 0.3) is 0 Å². The number of hydrogen-bond donors (Lipinski definition) is 0. The first kappa shape index (κ1) is 12.0. The molecule has 1 aliphatic heterocycles. The summed E-state index contributed by atoms with van der Waals surface area (Å²) in [5, 5.41) is 0.